The van der Waals surface area contributed by atoms with Crippen molar-refractivity contribution in [2.45, 2.75) is 32.4 Å². The number of nitrogen functional groups attached to an aromatic ring is 1. The van der Waals surface area contributed by atoms with E-state index in [1.807, 2.05) is 6.92 Å². The number of rotatable bonds is 6. The van der Waals surface area contributed by atoms with E-state index in [4.69, 9.17) is 5.73 Å². The highest BCUT2D eigenvalue weighted by molar-refractivity contribution is 7.92. The second kappa shape index (κ2) is 7.17. The maximum atomic E-state index is 13.2. The van der Waals surface area contributed by atoms with Gasteiger partial charge in [-0.05, 0) is 49.4 Å². The zero-order chi connectivity index (χ0) is 23.7. The molecule has 3 heterocycles. The first-order valence-electron chi connectivity index (χ1n) is 10.4. The summed E-state index contributed by atoms with van der Waals surface area (Å²) in [5, 5.41) is 13.4. The molecule has 2 aliphatic rings. The maximum absolute atomic E-state index is 13.2. The quantitative estimate of drug-likeness (QED) is 0.491. The summed E-state index contributed by atoms with van der Waals surface area (Å²) in [6.45, 7) is 2.37. The molecule has 1 aliphatic carbocycles. The number of aromatic carboxylic acids is 1. The Balaban J connectivity index is 1.65. The van der Waals surface area contributed by atoms with Crippen LogP contribution in [0.3, 0.4) is 0 Å². The standard InChI is InChI=1S/C21H22N6O5S/c1-10(11-3-4-11)26-9-13-7-12(8-15(16(13)20(26)28)25-33(2,31)32)14-5-6-27-19(23-14)17(21(29)30)18(22)24-27/h5-8,10-11,25H,3-4,9H2,1-2H3,(H2,22,24)(H,29,30)/t10-/m0/s1. The third kappa shape index (κ3) is 3.65. The third-order valence-corrected chi connectivity index (χ3v) is 6.74. The lowest BCUT2D eigenvalue weighted by Gasteiger charge is -2.24. The van der Waals surface area contributed by atoms with Gasteiger partial charge in [0, 0.05) is 24.3 Å². The number of hydrogen-bond acceptors (Lipinski definition) is 7. The molecule has 0 unspecified atom stereocenters. The lowest BCUT2D eigenvalue weighted by Crippen LogP contribution is -2.34. The van der Waals surface area contributed by atoms with Crippen molar-refractivity contribution in [2.24, 2.45) is 5.92 Å². The first-order valence-corrected chi connectivity index (χ1v) is 12.3. The first kappa shape index (κ1) is 21.2. The van der Waals surface area contributed by atoms with Gasteiger partial charge < -0.3 is 15.7 Å². The SMILES string of the molecule is C[C@@H](C1CC1)N1Cc2cc(-c3ccn4nc(N)c(C(=O)O)c4n3)cc(NS(C)(=O)=O)c2C1=O. The monoisotopic (exact) mass is 470 g/mol. The Labute approximate surface area is 189 Å². The van der Waals surface area contributed by atoms with Gasteiger partial charge in [0.2, 0.25) is 10.0 Å². The number of carboxylic acids is 1. The third-order valence-electron chi connectivity index (χ3n) is 6.15. The minimum atomic E-state index is -3.66. The summed E-state index contributed by atoms with van der Waals surface area (Å²) < 4.78 is 27.8. The fourth-order valence-corrected chi connectivity index (χ4v) is 4.94. The van der Waals surface area contributed by atoms with Crippen molar-refractivity contribution < 1.29 is 23.1 Å². The number of carbonyl (C=O) groups excluding carboxylic acids is 1. The minimum Gasteiger partial charge on any atom is -0.477 e. The van der Waals surface area contributed by atoms with Crippen LogP contribution in [0.15, 0.2) is 24.4 Å². The van der Waals surface area contributed by atoms with Crippen molar-refractivity contribution in [1.29, 1.82) is 0 Å². The number of benzene rings is 1. The van der Waals surface area contributed by atoms with Gasteiger partial charge in [0.15, 0.2) is 11.5 Å². The number of carbonyl (C=O) groups is 2. The van der Waals surface area contributed by atoms with Crippen molar-refractivity contribution >= 4 is 39.1 Å². The van der Waals surface area contributed by atoms with Crippen molar-refractivity contribution in [3.05, 3.63) is 41.1 Å². The number of nitrogens with two attached hydrogens (primary N) is 1. The highest BCUT2D eigenvalue weighted by Gasteiger charge is 2.40. The van der Waals surface area contributed by atoms with Crippen LogP contribution in [0.1, 0.15) is 46.0 Å². The highest BCUT2D eigenvalue weighted by atomic mass is 32.2. The molecule has 1 fully saturated rings. The van der Waals surface area contributed by atoms with E-state index in [-0.39, 0.29) is 34.7 Å². The van der Waals surface area contributed by atoms with E-state index in [0.717, 1.165) is 19.1 Å². The number of hydrogen-bond donors (Lipinski definition) is 3. The van der Waals surface area contributed by atoms with Crippen LogP contribution in [0.25, 0.3) is 16.9 Å². The van der Waals surface area contributed by atoms with Crippen molar-refractivity contribution in [3.63, 3.8) is 0 Å². The Morgan fingerprint density at radius 3 is 2.70 bits per heavy atom. The molecule has 0 saturated heterocycles. The smallest absolute Gasteiger partial charge is 0.343 e. The van der Waals surface area contributed by atoms with Crippen molar-refractivity contribution in [1.82, 2.24) is 19.5 Å². The molecule has 1 saturated carbocycles. The van der Waals surface area contributed by atoms with Gasteiger partial charge in [0.1, 0.15) is 5.56 Å². The summed E-state index contributed by atoms with van der Waals surface area (Å²) in [5.41, 5.74) is 7.69. The Hall–Kier alpha value is -3.67. The number of nitrogens with one attached hydrogen (secondary N) is 1. The molecule has 33 heavy (non-hydrogen) atoms. The predicted molar refractivity (Wildman–Crippen MR) is 120 cm³/mol. The average Bonchev–Trinajstić information content (AvgIpc) is 3.43. The van der Waals surface area contributed by atoms with Gasteiger partial charge >= 0.3 is 5.97 Å². The number of aromatic nitrogens is 3. The van der Waals surface area contributed by atoms with Gasteiger partial charge in [-0.3, -0.25) is 9.52 Å². The molecule has 11 nitrogen and oxygen atoms in total. The van der Waals surface area contributed by atoms with Crippen molar-refractivity contribution in [2.75, 3.05) is 16.7 Å². The molecule has 12 heteroatoms. The van der Waals surface area contributed by atoms with Gasteiger partial charge in [0.05, 0.1) is 23.2 Å². The number of sulfonamides is 1. The Bertz CT molecular complexity index is 1440. The van der Waals surface area contributed by atoms with Crippen LogP contribution < -0.4 is 10.5 Å². The summed E-state index contributed by atoms with van der Waals surface area (Å²) >= 11 is 0. The second-order valence-corrected chi connectivity index (χ2v) is 10.3. The van der Waals surface area contributed by atoms with E-state index in [0.29, 0.717) is 34.8 Å². The van der Waals surface area contributed by atoms with Crippen LogP contribution >= 0.6 is 0 Å². The Kier molecular flexibility index (Phi) is 4.60. The minimum absolute atomic E-state index is 0.0572. The number of carboxylic acid groups (broad SMARTS) is 1. The van der Waals surface area contributed by atoms with Crippen LogP contribution in [-0.2, 0) is 16.6 Å². The van der Waals surface area contributed by atoms with Crippen molar-refractivity contribution in [3.8, 4) is 11.3 Å². The van der Waals surface area contributed by atoms with Gasteiger partial charge in [0.25, 0.3) is 5.91 Å². The fourth-order valence-electron chi connectivity index (χ4n) is 4.38. The summed E-state index contributed by atoms with van der Waals surface area (Å²) in [6, 6.07) is 5.02. The molecule has 172 valence electrons. The molecule has 1 aromatic carbocycles. The molecule has 0 radical (unpaired) electrons. The van der Waals surface area contributed by atoms with Gasteiger partial charge in [-0.15, -0.1) is 5.10 Å². The molecule has 4 N–H and O–H groups in total. The van der Waals surface area contributed by atoms with Gasteiger partial charge in [-0.25, -0.2) is 22.7 Å². The van der Waals surface area contributed by atoms with Crippen LogP contribution in [0.5, 0.6) is 0 Å². The lowest BCUT2D eigenvalue weighted by atomic mass is 10.0. The number of anilines is 2. The zero-order valence-electron chi connectivity index (χ0n) is 17.9. The summed E-state index contributed by atoms with van der Waals surface area (Å²) in [5.74, 6) is -1.16. The number of amides is 1. The topological polar surface area (TPSA) is 160 Å². The summed E-state index contributed by atoms with van der Waals surface area (Å²) in [6.07, 6.45) is 4.70. The molecule has 1 aliphatic heterocycles. The van der Waals surface area contributed by atoms with Gasteiger partial charge in [-0.2, -0.15) is 0 Å². The highest BCUT2D eigenvalue weighted by Crippen LogP contribution is 2.41. The molecule has 0 spiro atoms. The fraction of sp³-hybridized carbons (Fsp3) is 0.333. The molecular weight excluding hydrogens is 448 g/mol. The van der Waals surface area contributed by atoms with E-state index < -0.39 is 16.0 Å². The molecular formula is C21H22N6O5S. The number of fused-ring (bicyclic) bond motifs is 2. The molecule has 2 aromatic heterocycles. The van der Waals surface area contributed by atoms with Crippen LogP contribution in [0, 0.1) is 5.92 Å². The maximum Gasteiger partial charge on any atom is 0.343 e. The van der Waals surface area contributed by atoms with E-state index >= 15 is 0 Å². The normalized spacial score (nSPS) is 16.8. The number of nitrogens with zero attached hydrogens (tertiary/aromatic N) is 4. The molecule has 5 rings (SSSR count). The largest absolute Gasteiger partial charge is 0.477 e. The van der Waals surface area contributed by atoms with E-state index in [2.05, 4.69) is 14.8 Å². The molecule has 3 aromatic rings. The Morgan fingerprint density at radius 1 is 1.33 bits per heavy atom. The van der Waals surface area contributed by atoms with Crippen LogP contribution in [0.2, 0.25) is 0 Å². The van der Waals surface area contributed by atoms with E-state index in [1.54, 1.807) is 23.1 Å². The molecule has 1 amide bonds. The summed E-state index contributed by atoms with van der Waals surface area (Å²) in [4.78, 5) is 31.0. The predicted octanol–water partition coefficient (Wildman–Crippen LogP) is 1.80. The average molecular weight is 471 g/mol. The molecule has 1 atom stereocenters. The lowest BCUT2D eigenvalue weighted by molar-refractivity contribution is 0.0690. The summed E-state index contributed by atoms with van der Waals surface area (Å²) in [7, 11) is -3.66. The van der Waals surface area contributed by atoms with E-state index in [9.17, 15) is 23.1 Å². The van der Waals surface area contributed by atoms with Gasteiger partial charge in [-0.1, -0.05) is 0 Å². The first-order chi connectivity index (χ1) is 15.5. The second-order valence-electron chi connectivity index (χ2n) is 8.59. The van der Waals surface area contributed by atoms with Crippen LogP contribution in [-0.4, -0.2) is 57.2 Å². The van der Waals surface area contributed by atoms with E-state index in [1.165, 1.54) is 10.7 Å². The van der Waals surface area contributed by atoms with Crippen LogP contribution in [0.4, 0.5) is 11.5 Å². The molecule has 0 bridgehead atoms. The zero-order valence-corrected chi connectivity index (χ0v) is 18.8. The Morgan fingerprint density at radius 2 is 2.06 bits per heavy atom.